The van der Waals surface area contributed by atoms with Crippen molar-refractivity contribution in [2.45, 2.75) is 26.0 Å². The van der Waals surface area contributed by atoms with E-state index < -0.39 is 24.8 Å². The van der Waals surface area contributed by atoms with Gasteiger partial charge in [0.1, 0.15) is 17.4 Å². The number of carbonyl (C=O) groups excluding carboxylic acids is 1. The van der Waals surface area contributed by atoms with Gasteiger partial charge in [0.25, 0.3) is 0 Å². The number of carboxylic acid groups (broad SMARTS) is 1. The van der Waals surface area contributed by atoms with Crippen LogP contribution in [0.15, 0.2) is 47.8 Å². The average molecular weight is 489 g/mol. The highest BCUT2D eigenvalue weighted by Crippen LogP contribution is 2.40. The Morgan fingerprint density at radius 3 is 2.82 bits per heavy atom. The van der Waals surface area contributed by atoms with E-state index in [2.05, 4.69) is 4.98 Å². The summed E-state index contributed by atoms with van der Waals surface area (Å²) in [5.74, 6) is -0.766. The first-order chi connectivity index (χ1) is 15.9. The molecule has 1 aliphatic heterocycles. The Morgan fingerprint density at radius 2 is 2.06 bits per heavy atom. The summed E-state index contributed by atoms with van der Waals surface area (Å²) in [5, 5.41) is 13.6. The normalized spacial score (nSPS) is 15.5. The number of hydrogen-bond acceptors (Lipinski definition) is 8. The highest BCUT2D eigenvalue weighted by atomic mass is 35.5. The lowest BCUT2D eigenvalue weighted by Crippen LogP contribution is -2.38. The van der Waals surface area contributed by atoms with Crippen LogP contribution in [-0.4, -0.2) is 40.4 Å². The van der Waals surface area contributed by atoms with Gasteiger partial charge >= 0.3 is 12.1 Å². The van der Waals surface area contributed by atoms with Gasteiger partial charge in [0.05, 0.1) is 6.04 Å². The molecule has 1 aromatic heterocycles. The molecule has 0 radical (unpaired) electrons. The van der Waals surface area contributed by atoms with Gasteiger partial charge < -0.3 is 19.4 Å². The minimum Gasteiger partial charge on any atom is -0.482 e. The molecule has 0 unspecified atom stereocenters. The summed E-state index contributed by atoms with van der Waals surface area (Å²) in [6, 6.07) is 12.1. The van der Waals surface area contributed by atoms with Crippen molar-refractivity contribution in [3.8, 4) is 5.75 Å². The fraction of sp³-hybridized carbons (Fsp3) is 0.261. The van der Waals surface area contributed by atoms with Gasteiger partial charge in [0.15, 0.2) is 6.61 Å². The van der Waals surface area contributed by atoms with Crippen LogP contribution in [0.3, 0.4) is 0 Å². The smallest absolute Gasteiger partial charge is 0.482 e. The second-order valence-electron chi connectivity index (χ2n) is 7.37. The molecule has 0 fully saturated rings. The highest BCUT2D eigenvalue weighted by molar-refractivity contribution is 7.09. The van der Waals surface area contributed by atoms with E-state index in [0.717, 1.165) is 16.8 Å². The molecule has 0 saturated carbocycles. The largest absolute Gasteiger partial charge is 0.528 e. The number of halogens is 1. The van der Waals surface area contributed by atoms with Crippen LogP contribution in [0.5, 0.6) is 5.75 Å². The lowest BCUT2D eigenvalue weighted by atomic mass is 9.89. The third-order valence-corrected chi connectivity index (χ3v) is 6.20. The topological polar surface area (TPSA) is 98.2 Å². The molecule has 1 atom stereocenters. The molecule has 0 spiro atoms. The minimum absolute atomic E-state index is 0.0105. The van der Waals surface area contributed by atoms with Crippen molar-refractivity contribution < 1.29 is 29.0 Å². The van der Waals surface area contributed by atoms with Crippen molar-refractivity contribution in [2.75, 3.05) is 13.2 Å². The van der Waals surface area contributed by atoms with Gasteiger partial charge in [-0.1, -0.05) is 35.9 Å². The van der Waals surface area contributed by atoms with E-state index in [-0.39, 0.29) is 6.61 Å². The summed E-state index contributed by atoms with van der Waals surface area (Å²) in [6.07, 6.45) is -0.209. The van der Waals surface area contributed by atoms with Crippen molar-refractivity contribution in [1.82, 2.24) is 10.0 Å². The van der Waals surface area contributed by atoms with Crippen molar-refractivity contribution in [2.24, 2.45) is 0 Å². The van der Waals surface area contributed by atoms with Gasteiger partial charge in [-0.3, -0.25) is 0 Å². The van der Waals surface area contributed by atoms with Crippen LogP contribution in [0.25, 0.3) is 0 Å². The van der Waals surface area contributed by atoms with Crippen LogP contribution in [0, 0.1) is 6.92 Å². The van der Waals surface area contributed by atoms with Crippen LogP contribution in [0.2, 0.25) is 5.02 Å². The molecule has 1 aliphatic rings. The number of thiazole rings is 1. The number of hydrogen-bond donors (Lipinski definition) is 1. The Hall–Kier alpha value is -3.14. The van der Waals surface area contributed by atoms with Gasteiger partial charge in [0, 0.05) is 28.2 Å². The molecule has 0 saturated heterocycles. The number of aliphatic carboxylic acids is 1. The second kappa shape index (κ2) is 10.2. The molecule has 1 N–H and O–H groups in total. The van der Waals surface area contributed by atoms with E-state index in [1.54, 1.807) is 18.2 Å². The Kier molecular flexibility index (Phi) is 7.12. The summed E-state index contributed by atoms with van der Waals surface area (Å²) in [5.41, 5.74) is 3.42. The number of ether oxygens (including phenoxy) is 2. The van der Waals surface area contributed by atoms with Gasteiger partial charge in [-0.15, -0.1) is 16.4 Å². The van der Waals surface area contributed by atoms with Gasteiger partial charge in [-0.25, -0.2) is 14.6 Å². The molecule has 0 amide bonds. The van der Waals surface area contributed by atoms with Crippen molar-refractivity contribution in [3.05, 3.63) is 80.3 Å². The summed E-state index contributed by atoms with van der Waals surface area (Å²) >= 11 is 7.67. The molecule has 2 heterocycles. The Morgan fingerprint density at radius 1 is 1.24 bits per heavy atom. The zero-order valence-corrected chi connectivity index (χ0v) is 19.3. The van der Waals surface area contributed by atoms with Gasteiger partial charge in [0.2, 0.25) is 0 Å². The third kappa shape index (κ3) is 5.62. The number of hydroxylamine groups is 2. The van der Waals surface area contributed by atoms with Crippen LogP contribution in [0.4, 0.5) is 4.79 Å². The van der Waals surface area contributed by atoms with Crippen LogP contribution < -0.4 is 4.74 Å². The Bertz CT molecular complexity index is 1170. The first kappa shape index (κ1) is 23.0. The lowest BCUT2D eigenvalue weighted by molar-refractivity contribution is -0.152. The number of fused-ring (bicyclic) bond motifs is 1. The fourth-order valence-corrected chi connectivity index (χ4v) is 4.54. The van der Waals surface area contributed by atoms with Crippen LogP contribution in [0.1, 0.15) is 33.4 Å². The van der Waals surface area contributed by atoms with Crippen molar-refractivity contribution in [3.63, 3.8) is 0 Å². The summed E-state index contributed by atoms with van der Waals surface area (Å²) in [6.45, 7) is 1.76. The molecule has 10 heteroatoms. The maximum atomic E-state index is 12.5. The van der Waals surface area contributed by atoms with Gasteiger partial charge in [-0.2, -0.15) is 0 Å². The SMILES string of the molecule is Cc1csc(COC(=O)ON2CCc3ccccc3[C@H]2c2cc(Cl)ccc2OCC(=O)O)n1. The van der Waals surface area contributed by atoms with Crippen LogP contribution >= 0.6 is 22.9 Å². The van der Waals surface area contributed by atoms with Gasteiger partial charge in [-0.05, 0) is 42.7 Å². The number of carboxylic acids is 1. The fourth-order valence-electron chi connectivity index (χ4n) is 3.68. The molecule has 8 nitrogen and oxygen atoms in total. The van der Waals surface area contributed by atoms with E-state index in [1.165, 1.54) is 16.4 Å². The summed E-state index contributed by atoms with van der Waals surface area (Å²) < 4.78 is 10.8. The number of benzene rings is 2. The first-order valence-corrected chi connectivity index (χ1v) is 11.4. The zero-order valence-electron chi connectivity index (χ0n) is 17.7. The third-order valence-electron chi connectivity index (χ3n) is 5.03. The first-order valence-electron chi connectivity index (χ1n) is 10.1. The maximum Gasteiger partial charge on any atom is 0.528 e. The average Bonchev–Trinajstić information content (AvgIpc) is 3.21. The molecule has 172 valence electrons. The predicted molar refractivity (Wildman–Crippen MR) is 121 cm³/mol. The minimum atomic E-state index is -1.10. The maximum absolute atomic E-state index is 12.5. The monoisotopic (exact) mass is 488 g/mol. The van der Waals surface area contributed by atoms with E-state index >= 15 is 0 Å². The summed E-state index contributed by atoms with van der Waals surface area (Å²) in [7, 11) is 0. The second-order valence-corrected chi connectivity index (χ2v) is 8.75. The van der Waals surface area contributed by atoms with Crippen molar-refractivity contribution >= 4 is 35.1 Å². The zero-order chi connectivity index (χ0) is 23.4. The molecule has 0 bridgehead atoms. The predicted octanol–water partition coefficient (Wildman–Crippen LogP) is 4.78. The van der Waals surface area contributed by atoms with Crippen LogP contribution in [-0.2, 0) is 27.4 Å². The number of aryl methyl sites for hydroxylation is 1. The Labute approximate surface area is 199 Å². The molecule has 4 rings (SSSR count). The van der Waals surface area contributed by atoms with E-state index in [4.69, 9.17) is 31.0 Å². The molecule has 0 aliphatic carbocycles. The molecule has 33 heavy (non-hydrogen) atoms. The number of carbonyl (C=O) groups is 2. The molecule has 2 aromatic carbocycles. The quantitative estimate of drug-likeness (QED) is 0.474. The molecular weight excluding hydrogens is 468 g/mol. The number of rotatable bonds is 7. The van der Waals surface area contributed by atoms with E-state index in [1.807, 2.05) is 36.6 Å². The van der Waals surface area contributed by atoms with Crippen molar-refractivity contribution in [1.29, 1.82) is 0 Å². The number of aromatic nitrogens is 1. The Balaban J connectivity index is 1.61. The highest BCUT2D eigenvalue weighted by Gasteiger charge is 2.34. The standard InChI is InChI=1S/C23H21ClN2O6S/c1-14-13-33-20(25-14)11-31-23(29)32-26-9-8-15-4-2-3-5-17(15)22(26)18-10-16(24)6-7-19(18)30-12-21(27)28/h2-7,10,13,22H,8-9,11-12H2,1H3,(H,27,28)/t22-/m0/s1. The molecule has 3 aromatic rings. The van der Waals surface area contributed by atoms with E-state index in [9.17, 15) is 9.59 Å². The molecular formula is C23H21ClN2O6S. The number of nitrogens with zero attached hydrogens (tertiary/aromatic N) is 2. The van der Waals surface area contributed by atoms with E-state index in [0.29, 0.717) is 34.3 Å². The lowest BCUT2D eigenvalue weighted by Gasteiger charge is -2.36. The summed E-state index contributed by atoms with van der Waals surface area (Å²) in [4.78, 5) is 33.4.